The van der Waals surface area contributed by atoms with E-state index in [4.69, 9.17) is 5.73 Å². The zero-order valence-corrected chi connectivity index (χ0v) is 20.3. The van der Waals surface area contributed by atoms with Crippen molar-refractivity contribution < 1.29 is 10.2 Å². The Labute approximate surface area is 200 Å². The number of halogens is 1. The van der Waals surface area contributed by atoms with Gasteiger partial charge in [0.25, 0.3) is 0 Å². The molecular weight excluding hydrogens is 482 g/mol. The highest BCUT2D eigenvalue weighted by Crippen LogP contribution is 2.49. The van der Waals surface area contributed by atoms with E-state index in [1.165, 1.54) is 6.33 Å². The van der Waals surface area contributed by atoms with E-state index in [0.29, 0.717) is 17.9 Å². The summed E-state index contributed by atoms with van der Waals surface area (Å²) < 4.78 is 2.48. The molecule has 3 heterocycles. The average Bonchev–Trinajstić information content (AvgIpc) is 3.37. The molecule has 1 aromatic carbocycles. The first-order valence-electron chi connectivity index (χ1n) is 11.3. The molecule has 172 valence electrons. The Morgan fingerprint density at radius 3 is 2.88 bits per heavy atom. The first-order chi connectivity index (χ1) is 15.8. The number of benzene rings is 1. The lowest BCUT2D eigenvalue weighted by Crippen LogP contribution is -2.44. The van der Waals surface area contributed by atoms with Crippen LogP contribution in [0.5, 0.6) is 0 Å². The van der Waals surface area contributed by atoms with Gasteiger partial charge in [-0.15, -0.1) is 0 Å². The molecule has 0 amide bonds. The Hall–Kier alpha value is -2.55. The highest BCUT2D eigenvalue weighted by molar-refractivity contribution is 9.10. The minimum absolute atomic E-state index is 0.0495. The highest BCUT2D eigenvalue weighted by Gasteiger charge is 2.51. The summed E-state index contributed by atoms with van der Waals surface area (Å²) in [6, 6.07) is 10.1. The van der Waals surface area contributed by atoms with Crippen LogP contribution >= 0.6 is 15.9 Å². The molecule has 1 aliphatic carbocycles. The molecular formula is C25H28BrN5O2. The number of rotatable bonds is 5. The number of nitrogens with two attached hydrogens (primary N) is 1. The lowest BCUT2D eigenvalue weighted by molar-refractivity contribution is -0.139. The van der Waals surface area contributed by atoms with E-state index in [1.54, 1.807) is 10.8 Å². The lowest BCUT2D eigenvalue weighted by Gasteiger charge is -2.37. The maximum absolute atomic E-state index is 11.8. The molecule has 0 radical (unpaired) electrons. The van der Waals surface area contributed by atoms with Gasteiger partial charge in [-0.3, -0.25) is 0 Å². The van der Waals surface area contributed by atoms with Crippen LogP contribution < -0.4 is 5.73 Å². The number of aromatic nitrogens is 4. The molecule has 0 saturated heterocycles. The van der Waals surface area contributed by atoms with Gasteiger partial charge in [0.05, 0.1) is 15.7 Å². The molecule has 1 fully saturated rings. The van der Waals surface area contributed by atoms with E-state index < -0.39 is 11.8 Å². The molecule has 4 atom stereocenters. The van der Waals surface area contributed by atoms with Crippen molar-refractivity contribution in [2.24, 2.45) is 11.8 Å². The molecule has 1 saturated carbocycles. The quantitative estimate of drug-likeness (QED) is 0.364. The monoisotopic (exact) mass is 509 g/mol. The number of aliphatic hydroxyl groups is 2. The predicted octanol–water partition coefficient (Wildman–Crippen LogP) is 4.53. The SMILES string of the molecule is CC[C@@H]1[C@H](Cc2ccc3cc(Br)c(N)nc3c2)CC[C@]1(O)[C@@H](O)n1ccc2c(C)ncnc21. The summed E-state index contributed by atoms with van der Waals surface area (Å²) in [5.74, 6) is 0.673. The van der Waals surface area contributed by atoms with Crippen LogP contribution in [0.2, 0.25) is 0 Å². The van der Waals surface area contributed by atoms with Crippen molar-refractivity contribution in [3.05, 3.63) is 58.6 Å². The van der Waals surface area contributed by atoms with Gasteiger partial charge < -0.3 is 20.5 Å². The van der Waals surface area contributed by atoms with Crippen LogP contribution in [0.25, 0.3) is 21.9 Å². The smallest absolute Gasteiger partial charge is 0.161 e. The second-order valence-electron chi connectivity index (χ2n) is 9.18. The Bertz CT molecular complexity index is 1340. The summed E-state index contributed by atoms with van der Waals surface area (Å²) in [6.45, 7) is 4.00. The summed E-state index contributed by atoms with van der Waals surface area (Å²) in [5, 5.41) is 25.0. The van der Waals surface area contributed by atoms with Crippen LogP contribution in [0.1, 0.15) is 43.7 Å². The van der Waals surface area contributed by atoms with E-state index in [1.807, 2.05) is 19.1 Å². The zero-order valence-electron chi connectivity index (χ0n) is 18.7. The molecule has 4 N–H and O–H groups in total. The van der Waals surface area contributed by atoms with Crippen molar-refractivity contribution in [1.82, 2.24) is 19.5 Å². The van der Waals surface area contributed by atoms with Crippen molar-refractivity contribution in [2.45, 2.75) is 51.4 Å². The number of fused-ring (bicyclic) bond motifs is 2. The standard InChI is InChI=1S/C25H28BrN5O2/c1-3-19-16(10-15-4-5-17-12-20(26)22(27)30-21(17)11-15)6-8-25(19,33)24(32)31-9-7-18-14(2)28-13-29-23(18)31/h4-5,7,9,11-13,16,19,24,32-33H,3,6,8,10H2,1-2H3,(H2,27,30)/t16-,19+,24+,25+/m0/s1. The number of nitrogen functional groups attached to an aromatic ring is 1. The highest BCUT2D eigenvalue weighted by atomic mass is 79.9. The third-order valence-electron chi connectivity index (χ3n) is 7.35. The van der Waals surface area contributed by atoms with Crippen molar-refractivity contribution in [3.8, 4) is 0 Å². The van der Waals surface area contributed by atoms with E-state index >= 15 is 0 Å². The number of aliphatic hydroxyl groups excluding tert-OH is 1. The topological polar surface area (TPSA) is 110 Å². The summed E-state index contributed by atoms with van der Waals surface area (Å²) in [4.78, 5) is 13.1. The molecule has 3 aromatic heterocycles. The molecule has 5 rings (SSSR count). The summed E-state index contributed by atoms with van der Waals surface area (Å²) >= 11 is 3.44. The normalized spacial score (nSPS) is 24.0. The number of pyridine rings is 1. The predicted molar refractivity (Wildman–Crippen MR) is 133 cm³/mol. The van der Waals surface area contributed by atoms with Gasteiger partial charge in [0.15, 0.2) is 6.23 Å². The fraction of sp³-hybridized carbons (Fsp3) is 0.400. The average molecular weight is 510 g/mol. The van der Waals surface area contributed by atoms with Crippen LogP contribution in [0.3, 0.4) is 0 Å². The minimum Gasteiger partial charge on any atom is -0.385 e. The Balaban J connectivity index is 1.43. The van der Waals surface area contributed by atoms with Crippen LogP contribution in [-0.2, 0) is 6.42 Å². The van der Waals surface area contributed by atoms with Gasteiger partial charge in [-0.05, 0) is 77.7 Å². The summed E-state index contributed by atoms with van der Waals surface area (Å²) in [6.07, 6.45) is 5.19. The first kappa shape index (κ1) is 22.3. The minimum atomic E-state index is -1.23. The van der Waals surface area contributed by atoms with Gasteiger partial charge in [-0.1, -0.05) is 25.5 Å². The third kappa shape index (κ3) is 3.70. The lowest BCUT2D eigenvalue weighted by atomic mass is 9.80. The van der Waals surface area contributed by atoms with Gasteiger partial charge in [-0.25, -0.2) is 15.0 Å². The summed E-state index contributed by atoms with van der Waals surface area (Å²) in [7, 11) is 0. The Morgan fingerprint density at radius 2 is 2.09 bits per heavy atom. The molecule has 33 heavy (non-hydrogen) atoms. The maximum atomic E-state index is 11.8. The Kier molecular flexibility index (Phi) is 5.63. The molecule has 7 nitrogen and oxygen atoms in total. The number of aryl methyl sites for hydroxylation is 1. The van der Waals surface area contributed by atoms with E-state index in [2.05, 4.69) is 56.0 Å². The second kappa shape index (κ2) is 8.34. The molecule has 0 bridgehead atoms. The van der Waals surface area contributed by atoms with Crippen LogP contribution in [0, 0.1) is 18.8 Å². The van der Waals surface area contributed by atoms with Crippen molar-refractivity contribution in [3.63, 3.8) is 0 Å². The fourth-order valence-corrected chi connectivity index (χ4v) is 5.97. The number of hydrogen-bond donors (Lipinski definition) is 3. The van der Waals surface area contributed by atoms with Gasteiger partial charge in [-0.2, -0.15) is 0 Å². The van der Waals surface area contributed by atoms with Crippen LogP contribution in [0.15, 0.2) is 47.3 Å². The van der Waals surface area contributed by atoms with Crippen LogP contribution in [0.4, 0.5) is 5.82 Å². The number of hydrogen-bond acceptors (Lipinski definition) is 6. The largest absolute Gasteiger partial charge is 0.385 e. The fourth-order valence-electron chi connectivity index (χ4n) is 5.63. The molecule has 0 spiro atoms. The number of nitrogens with zero attached hydrogens (tertiary/aromatic N) is 4. The maximum Gasteiger partial charge on any atom is 0.161 e. The second-order valence-corrected chi connectivity index (χ2v) is 10.0. The van der Waals surface area contributed by atoms with Crippen molar-refractivity contribution in [1.29, 1.82) is 0 Å². The van der Waals surface area contributed by atoms with Gasteiger partial charge in [0, 0.05) is 17.0 Å². The summed E-state index contributed by atoms with van der Waals surface area (Å²) in [5.41, 5.74) is 8.27. The van der Waals surface area contributed by atoms with E-state index in [9.17, 15) is 10.2 Å². The zero-order chi connectivity index (χ0) is 23.3. The molecule has 0 aliphatic heterocycles. The van der Waals surface area contributed by atoms with Gasteiger partial charge in [0.1, 0.15) is 23.4 Å². The molecule has 4 aromatic rings. The molecule has 8 heteroatoms. The van der Waals surface area contributed by atoms with E-state index in [-0.39, 0.29) is 11.8 Å². The third-order valence-corrected chi connectivity index (χ3v) is 7.98. The van der Waals surface area contributed by atoms with Crippen molar-refractivity contribution >= 4 is 43.7 Å². The molecule has 0 unspecified atom stereocenters. The Morgan fingerprint density at radius 1 is 1.27 bits per heavy atom. The van der Waals surface area contributed by atoms with Crippen LogP contribution in [-0.4, -0.2) is 35.3 Å². The van der Waals surface area contributed by atoms with Gasteiger partial charge in [0.2, 0.25) is 0 Å². The van der Waals surface area contributed by atoms with Gasteiger partial charge >= 0.3 is 0 Å². The van der Waals surface area contributed by atoms with Crippen molar-refractivity contribution in [2.75, 3.05) is 5.73 Å². The van der Waals surface area contributed by atoms with E-state index in [0.717, 1.165) is 51.3 Å². The first-order valence-corrected chi connectivity index (χ1v) is 12.1. The molecule has 1 aliphatic rings. The number of anilines is 1.